The van der Waals surface area contributed by atoms with Gasteiger partial charge in [-0.1, -0.05) is 30.3 Å². The highest BCUT2D eigenvalue weighted by molar-refractivity contribution is 6.58. The predicted octanol–water partition coefficient (Wildman–Crippen LogP) is -0.511. The largest absolute Gasteiger partial charge is 0.488 e. The molecular weight excluding hydrogens is 167 g/mol. The zero-order chi connectivity index (χ0) is 9.68. The van der Waals surface area contributed by atoms with Crippen LogP contribution in [0, 0.1) is 0 Å². The van der Waals surface area contributed by atoms with Crippen molar-refractivity contribution in [3.63, 3.8) is 0 Å². The lowest BCUT2D eigenvalue weighted by Gasteiger charge is -1.98. The lowest BCUT2D eigenvalue weighted by atomic mass is 9.80. The SMILES string of the molecule is O=[C]C=Cc1ccc(B(O)O)cc1. The van der Waals surface area contributed by atoms with Crippen molar-refractivity contribution in [1.29, 1.82) is 0 Å². The molecule has 0 heterocycles. The Hall–Kier alpha value is -1.39. The molecule has 0 fully saturated rings. The summed E-state index contributed by atoms with van der Waals surface area (Å²) in [5.74, 6) is 0. The van der Waals surface area contributed by atoms with Crippen LogP contribution >= 0.6 is 0 Å². The van der Waals surface area contributed by atoms with E-state index >= 15 is 0 Å². The van der Waals surface area contributed by atoms with Gasteiger partial charge in [-0.3, -0.25) is 4.79 Å². The zero-order valence-electron chi connectivity index (χ0n) is 6.84. The summed E-state index contributed by atoms with van der Waals surface area (Å²) in [4.78, 5) is 9.86. The van der Waals surface area contributed by atoms with E-state index in [-0.39, 0.29) is 0 Å². The second kappa shape index (κ2) is 4.59. The van der Waals surface area contributed by atoms with Gasteiger partial charge in [0.2, 0.25) is 6.29 Å². The van der Waals surface area contributed by atoms with Gasteiger partial charge in [0, 0.05) is 0 Å². The maximum atomic E-state index is 9.86. The summed E-state index contributed by atoms with van der Waals surface area (Å²) >= 11 is 0. The second-order valence-corrected chi connectivity index (χ2v) is 2.49. The molecule has 0 aromatic heterocycles. The highest BCUT2D eigenvalue weighted by Crippen LogP contribution is 1.99. The summed E-state index contributed by atoms with van der Waals surface area (Å²) in [5, 5.41) is 17.5. The lowest BCUT2D eigenvalue weighted by Crippen LogP contribution is -2.29. The zero-order valence-corrected chi connectivity index (χ0v) is 6.84. The molecule has 2 N–H and O–H groups in total. The Morgan fingerprint density at radius 3 is 2.31 bits per heavy atom. The lowest BCUT2D eigenvalue weighted by molar-refractivity contribution is 0.426. The second-order valence-electron chi connectivity index (χ2n) is 2.49. The third kappa shape index (κ3) is 2.85. The average molecular weight is 175 g/mol. The fourth-order valence-electron chi connectivity index (χ4n) is 0.910. The quantitative estimate of drug-likeness (QED) is 0.480. The molecule has 1 radical (unpaired) electrons. The van der Waals surface area contributed by atoms with Crippen molar-refractivity contribution in [2.24, 2.45) is 0 Å². The minimum atomic E-state index is -1.45. The molecule has 1 rings (SSSR count). The normalized spacial score (nSPS) is 10.3. The number of hydrogen-bond acceptors (Lipinski definition) is 3. The minimum absolute atomic E-state index is 0.423. The Labute approximate surface area is 76.5 Å². The van der Waals surface area contributed by atoms with Gasteiger partial charge < -0.3 is 10.0 Å². The molecule has 1 aromatic carbocycles. The third-order valence-electron chi connectivity index (χ3n) is 1.58. The summed E-state index contributed by atoms with van der Waals surface area (Å²) in [5.41, 5.74) is 1.24. The smallest absolute Gasteiger partial charge is 0.423 e. The minimum Gasteiger partial charge on any atom is -0.423 e. The van der Waals surface area contributed by atoms with Crippen molar-refractivity contribution in [1.82, 2.24) is 0 Å². The van der Waals surface area contributed by atoms with E-state index < -0.39 is 7.12 Å². The average Bonchev–Trinajstić information content (AvgIpc) is 2.15. The van der Waals surface area contributed by atoms with E-state index in [1.807, 2.05) is 0 Å². The number of rotatable bonds is 3. The number of allylic oxidation sites excluding steroid dienone is 1. The van der Waals surface area contributed by atoms with Crippen molar-refractivity contribution in [2.45, 2.75) is 0 Å². The van der Waals surface area contributed by atoms with E-state index in [1.54, 1.807) is 36.6 Å². The van der Waals surface area contributed by atoms with Crippen LogP contribution in [0.2, 0.25) is 0 Å². The summed E-state index contributed by atoms with van der Waals surface area (Å²) in [6, 6.07) is 6.52. The molecule has 0 aliphatic heterocycles. The Kier molecular flexibility index (Phi) is 3.43. The van der Waals surface area contributed by atoms with Crippen molar-refractivity contribution < 1.29 is 14.8 Å². The first-order valence-electron chi connectivity index (χ1n) is 3.74. The molecule has 0 amide bonds. The van der Waals surface area contributed by atoms with E-state index in [9.17, 15) is 4.79 Å². The Morgan fingerprint density at radius 1 is 1.23 bits per heavy atom. The van der Waals surface area contributed by atoms with Gasteiger partial charge in [-0.25, -0.2) is 0 Å². The standard InChI is InChI=1S/C9H8BO3/c11-7-1-2-8-3-5-9(6-4-8)10(12)13/h1-6,12-13H. The third-order valence-corrected chi connectivity index (χ3v) is 1.58. The molecule has 0 atom stereocenters. The van der Waals surface area contributed by atoms with Gasteiger partial charge >= 0.3 is 7.12 Å². The van der Waals surface area contributed by atoms with Crippen LogP contribution in [0.4, 0.5) is 0 Å². The van der Waals surface area contributed by atoms with Gasteiger partial charge in [0.15, 0.2) is 0 Å². The Morgan fingerprint density at radius 2 is 1.85 bits per heavy atom. The van der Waals surface area contributed by atoms with Crippen molar-refractivity contribution >= 4 is 24.9 Å². The molecule has 13 heavy (non-hydrogen) atoms. The van der Waals surface area contributed by atoms with Crippen LogP contribution in [0.15, 0.2) is 30.3 Å². The van der Waals surface area contributed by atoms with Crippen LogP contribution in [0.1, 0.15) is 5.56 Å². The number of benzene rings is 1. The molecule has 65 valence electrons. The number of carbonyl (C=O) groups excluding carboxylic acids is 1. The summed E-state index contributed by atoms with van der Waals surface area (Å²) in [6.07, 6.45) is 4.46. The fraction of sp³-hybridized carbons (Fsp3) is 0. The number of hydrogen-bond donors (Lipinski definition) is 2. The predicted molar refractivity (Wildman–Crippen MR) is 51.0 cm³/mol. The summed E-state index contributed by atoms with van der Waals surface area (Å²) in [7, 11) is -1.45. The topological polar surface area (TPSA) is 57.5 Å². The van der Waals surface area contributed by atoms with E-state index in [2.05, 4.69) is 0 Å². The Bertz CT molecular complexity index is 303. The van der Waals surface area contributed by atoms with Gasteiger partial charge in [-0.2, -0.15) is 0 Å². The van der Waals surface area contributed by atoms with Gasteiger partial charge in [-0.05, 0) is 17.1 Å². The first-order valence-corrected chi connectivity index (χ1v) is 3.74. The van der Waals surface area contributed by atoms with Crippen molar-refractivity contribution in [3.8, 4) is 0 Å². The molecule has 3 nitrogen and oxygen atoms in total. The van der Waals surface area contributed by atoms with Crippen molar-refractivity contribution in [2.75, 3.05) is 0 Å². The van der Waals surface area contributed by atoms with Crippen LogP contribution in [0.25, 0.3) is 6.08 Å². The maximum absolute atomic E-state index is 9.86. The van der Waals surface area contributed by atoms with E-state index in [1.165, 1.54) is 6.08 Å². The fourth-order valence-corrected chi connectivity index (χ4v) is 0.910. The van der Waals surface area contributed by atoms with Gasteiger partial charge in [0.25, 0.3) is 0 Å². The van der Waals surface area contributed by atoms with E-state index in [0.29, 0.717) is 5.46 Å². The van der Waals surface area contributed by atoms with Crippen LogP contribution in [-0.4, -0.2) is 23.5 Å². The molecule has 1 aromatic rings. The van der Waals surface area contributed by atoms with Crippen LogP contribution in [0.5, 0.6) is 0 Å². The first kappa shape index (κ1) is 9.70. The monoisotopic (exact) mass is 175 g/mol. The molecule has 0 aliphatic rings. The Balaban J connectivity index is 2.81. The molecule has 0 spiro atoms. The highest BCUT2D eigenvalue weighted by atomic mass is 16.4. The van der Waals surface area contributed by atoms with Crippen LogP contribution in [0.3, 0.4) is 0 Å². The molecule has 0 saturated heterocycles. The van der Waals surface area contributed by atoms with Gasteiger partial charge in [0.1, 0.15) is 0 Å². The van der Waals surface area contributed by atoms with Crippen LogP contribution in [-0.2, 0) is 4.79 Å². The van der Waals surface area contributed by atoms with Gasteiger partial charge in [-0.15, -0.1) is 0 Å². The molecular formula is C9H8BO3. The molecule has 4 heteroatoms. The summed E-state index contributed by atoms with van der Waals surface area (Å²) < 4.78 is 0. The van der Waals surface area contributed by atoms with E-state index in [4.69, 9.17) is 10.0 Å². The molecule has 0 bridgehead atoms. The highest BCUT2D eigenvalue weighted by Gasteiger charge is 2.08. The molecule has 0 unspecified atom stereocenters. The maximum Gasteiger partial charge on any atom is 0.488 e. The molecule has 0 aliphatic carbocycles. The summed E-state index contributed by atoms with van der Waals surface area (Å²) in [6.45, 7) is 0. The molecule has 0 saturated carbocycles. The van der Waals surface area contributed by atoms with Gasteiger partial charge in [0.05, 0.1) is 0 Å². The van der Waals surface area contributed by atoms with E-state index in [0.717, 1.165) is 5.56 Å². The van der Waals surface area contributed by atoms with Crippen molar-refractivity contribution in [3.05, 3.63) is 35.9 Å². The van der Waals surface area contributed by atoms with Crippen LogP contribution < -0.4 is 5.46 Å². The first-order chi connectivity index (χ1) is 6.24.